The van der Waals surface area contributed by atoms with Crippen molar-refractivity contribution in [3.63, 3.8) is 0 Å². The van der Waals surface area contributed by atoms with Crippen molar-refractivity contribution in [3.8, 4) is 0 Å². The molecule has 0 fully saturated rings. The molecule has 1 atom stereocenters. The lowest BCUT2D eigenvalue weighted by Crippen LogP contribution is -2.39. The van der Waals surface area contributed by atoms with Crippen LogP contribution in [0, 0.1) is 6.92 Å². The Balaban J connectivity index is 4.73. The van der Waals surface area contributed by atoms with Gasteiger partial charge in [-0.15, -0.1) is 0 Å². The van der Waals surface area contributed by atoms with Crippen LogP contribution in [0.3, 0.4) is 0 Å². The van der Waals surface area contributed by atoms with Gasteiger partial charge in [-0.1, -0.05) is 46.1 Å². The zero-order valence-corrected chi connectivity index (χ0v) is 13.9. The lowest BCUT2D eigenvalue weighted by molar-refractivity contribution is -0.139. The first-order valence-electron chi connectivity index (χ1n) is 7.29. The van der Waals surface area contributed by atoms with Crippen LogP contribution in [0.15, 0.2) is 12.2 Å². The Labute approximate surface area is 128 Å². The third-order valence-electron chi connectivity index (χ3n) is 3.63. The van der Waals surface area contributed by atoms with E-state index < -0.39 is 20.8 Å². The molecular formula is C15H27O5S. The van der Waals surface area contributed by atoms with Crippen molar-refractivity contribution in [1.82, 2.24) is 0 Å². The predicted octanol–water partition coefficient (Wildman–Crippen LogP) is 3.32. The first-order valence-corrected chi connectivity index (χ1v) is 8.73. The van der Waals surface area contributed by atoms with E-state index in [4.69, 9.17) is 4.74 Å². The fraction of sp³-hybridized carbons (Fsp3) is 0.733. The van der Waals surface area contributed by atoms with Gasteiger partial charge in [-0.2, -0.15) is 8.42 Å². The Morgan fingerprint density at radius 2 is 1.86 bits per heavy atom. The summed E-state index contributed by atoms with van der Waals surface area (Å²) in [5.74, 6) is -0.561. The summed E-state index contributed by atoms with van der Waals surface area (Å²) in [5.41, 5.74) is 0.255. The average Bonchev–Trinajstić information content (AvgIpc) is 2.39. The molecule has 0 bridgehead atoms. The van der Waals surface area contributed by atoms with E-state index in [2.05, 4.69) is 20.4 Å². The van der Waals surface area contributed by atoms with Crippen molar-refractivity contribution < 1.29 is 22.5 Å². The Hall–Kier alpha value is -0.880. The molecule has 0 amide bonds. The van der Waals surface area contributed by atoms with Crippen molar-refractivity contribution >= 4 is 16.1 Å². The van der Waals surface area contributed by atoms with E-state index >= 15 is 0 Å². The van der Waals surface area contributed by atoms with Gasteiger partial charge in [0.2, 0.25) is 0 Å². The third-order valence-corrected chi connectivity index (χ3v) is 5.33. The van der Waals surface area contributed by atoms with Gasteiger partial charge in [0.15, 0.2) is 0 Å². The van der Waals surface area contributed by atoms with Crippen LogP contribution in [0.4, 0.5) is 0 Å². The molecule has 123 valence electrons. The molecule has 1 radical (unpaired) electrons. The Kier molecular flexibility index (Phi) is 8.82. The highest BCUT2D eigenvalue weighted by Gasteiger charge is 2.40. The molecule has 0 aromatic heterocycles. The highest BCUT2D eigenvalue weighted by Crippen LogP contribution is 2.31. The monoisotopic (exact) mass is 319 g/mol. The van der Waals surface area contributed by atoms with Gasteiger partial charge < -0.3 is 4.74 Å². The van der Waals surface area contributed by atoms with Gasteiger partial charge in [-0.25, -0.2) is 4.79 Å². The second kappa shape index (κ2) is 9.20. The smallest absolute Gasteiger partial charge is 0.333 e. The topological polar surface area (TPSA) is 80.7 Å². The second-order valence-electron chi connectivity index (χ2n) is 5.38. The highest BCUT2D eigenvalue weighted by atomic mass is 32.2. The summed E-state index contributed by atoms with van der Waals surface area (Å²) in [6, 6.07) is 0. The van der Waals surface area contributed by atoms with Gasteiger partial charge >= 0.3 is 5.97 Å². The van der Waals surface area contributed by atoms with Gasteiger partial charge in [0.05, 0.1) is 6.61 Å². The van der Waals surface area contributed by atoms with E-state index in [9.17, 15) is 17.8 Å². The number of hydrogen-bond donors (Lipinski definition) is 1. The van der Waals surface area contributed by atoms with E-state index in [-0.39, 0.29) is 25.0 Å². The molecule has 0 aromatic carbocycles. The molecule has 0 rings (SSSR count). The molecule has 1 unspecified atom stereocenters. The number of ether oxygens (including phenoxy) is 1. The molecule has 0 heterocycles. The minimum Gasteiger partial charge on any atom is -0.462 e. The maximum atomic E-state index is 11.7. The molecule has 21 heavy (non-hydrogen) atoms. The van der Waals surface area contributed by atoms with Crippen molar-refractivity contribution in [2.45, 2.75) is 63.5 Å². The van der Waals surface area contributed by atoms with Crippen molar-refractivity contribution in [2.24, 2.45) is 0 Å². The molecule has 0 aliphatic heterocycles. The van der Waals surface area contributed by atoms with Gasteiger partial charge in [-0.3, -0.25) is 4.55 Å². The van der Waals surface area contributed by atoms with Crippen LogP contribution in [0.25, 0.3) is 0 Å². The molecule has 0 aliphatic rings. The van der Waals surface area contributed by atoms with E-state index in [1.807, 2.05) is 0 Å². The number of hydrogen-bond acceptors (Lipinski definition) is 4. The summed E-state index contributed by atoms with van der Waals surface area (Å²) in [7, 11) is -4.26. The minimum absolute atomic E-state index is 0.0421. The van der Waals surface area contributed by atoms with Crippen molar-refractivity contribution in [2.75, 3.05) is 6.61 Å². The summed E-state index contributed by atoms with van der Waals surface area (Å²) in [6.45, 7) is 10.6. The minimum atomic E-state index is -4.26. The highest BCUT2D eigenvalue weighted by molar-refractivity contribution is 7.87. The SMILES string of the molecule is [CH2]CC(CCCCCC)(CCOC(=O)C(=C)C)S(=O)(=O)O. The van der Waals surface area contributed by atoms with E-state index in [0.717, 1.165) is 19.3 Å². The Bertz CT molecular complexity index is 441. The van der Waals surface area contributed by atoms with E-state index in [1.54, 1.807) is 0 Å². The molecule has 0 spiro atoms. The summed E-state index contributed by atoms with van der Waals surface area (Å²) < 4.78 is 36.6. The molecule has 6 heteroatoms. The molecule has 0 aliphatic carbocycles. The fourth-order valence-corrected chi connectivity index (χ4v) is 3.09. The van der Waals surface area contributed by atoms with Crippen LogP contribution in [0.2, 0.25) is 0 Å². The van der Waals surface area contributed by atoms with Crippen LogP contribution < -0.4 is 0 Å². The second-order valence-corrected chi connectivity index (χ2v) is 7.20. The Morgan fingerprint density at radius 1 is 1.24 bits per heavy atom. The van der Waals surface area contributed by atoms with Crippen molar-refractivity contribution in [3.05, 3.63) is 19.1 Å². The number of carbonyl (C=O) groups excluding carboxylic acids is 1. The largest absolute Gasteiger partial charge is 0.462 e. The maximum absolute atomic E-state index is 11.7. The summed E-state index contributed by atoms with van der Waals surface area (Å²) in [6.07, 6.45) is 4.06. The van der Waals surface area contributed by atoms with Crippen molar-refractivity contribution in [1.29, 1.82) is 0 Å². The van der Waals surface area contributed by atoms with Crippen LogP contribution in [-0.2, 0) is 19.6 Å². The predicted molar refractivity (Wildman–Crippen MR) is 83.4 cm³/mol. The first-order chi connectivity index (χ1) is 9.70. The summed E-state index contributed by atoms with van der Waals surface area (Å²) in [4.78, 5) is 11.3. The zero-order chi connectivity index (χ0) is 16.5. The quantitative estimate of drug-likeness (QED) is 0.273. The lowest BCUT2D eigenvalue weighted by Gasteiger charge is -2.29. The summed E-state index contributed by atoms with van der Waals surface area (Å²) >= 11 is 0. The van der Waals surface area contributed by atoms with Crippen LogP contribution in [0.1, 0.15) is 58.8 Å². The van der Waals surface area contributed by atoms with Crippen LogP contribution in [0.5, 0.6) is 0 Å². The van der Waals surface area contributed by atoms with E-state index in [0.29, 0.717) is 12.8 Å². The van der Waals surface area contributed by atoms with Gasteiger partial charge in [0.25, 0.3) is 10.1 Å². The number of unbranched alkanes of at least 4 members (excludes halogenated alkanes) is 3. The van der Waals surface area contributed by atoms with Gasteiger partial charge in [-0.05, 0) is 19.8 Å². The third kappa shape index (κ3) is 6.61. The first kappa shape index (κ1) is 20.1. The zero-order valence-electron chi connectivity index (χ0n) is 13.1. The van der Waals surface area contributed by atoms with Gasteiger partial charge in [0.1, 0.15) is 4.75 Å². The molecular weight excluding hydrogens is 292 g/mol. The molecule has 0 aromatic rings. The average molecular weight is 319 g/mol. The lowest BCUT2D eigenvalue weighted by atomic mass is 9.94. The number of carbonyl (C=O) groups is 1. The number of esters is 1. The Morgan fingerprint density at radius 3 is 2.29 bits per heavy atom. The molecule has 5 nitrogen and oxygen atoms in total. The van der Waals surface area contributed by atoms with Gasteiger partial charge in [0, 0.05) is 12.0 Å². The molecule has 0 saturated heterocycles. The van der Waals surface area contributed by atoms with Crippen LogP contribution in [-0.4, -0.2) is 30.3 Å². The van der Waals surface area contributed by atoms with Crippen LogP contribution >= 0.6 is 0 Å². The molecule has 0 saturated carbocycles. The normalized spacial score (nSPS) is 14.5. The fourth-order valence-electron chi connectivity index (χ4n) is 2.09. The summed E-state index contributed by atoms with van der Waals surface area (Å²) in [5, 5.41) is 0. The number of rotatable bonds is 11. The van der Waals surface area contributed by atoms with E-state index in [1.165, 1.54) is 6.92 Å². The maximum Gasteiger partial charge on any atom is 0.333 e. The standard InChI is InChI=1S/C15H27O5S/c1-5-7-8-9-10-15(6-2,21(17,18)19)11-12-20-14(16)13(3)4/h2-3,5-12H2,1,4H3,(H,17,18,19). The molecule has 1 N–H and O–H groups in total.